The zero-order valence-electron chi connectivity index (χ0n) is 16.2. The van der Waals surface area contributed by atoms with Gasteiger partial charge in [-0.2, -0.15) is 5.10 Å². The lowest BCUT2D eigenvalue weighted by Crippen LogP contribution is -2.45. The number of rotatable bonds is 5. The third-order valence-electron chi connectivity index (χ3n) is 5.59. The number of aromatic nitrogens is 2. The highest BCUT2D eigenvalue weighted by atomic mass is 32.1. The van der Waals surface area contributed by atoms with Crippen LogP contribution >= 0.6 is 11.3 Å². The van der Waals surface area contributed by atoms with Crippen molar-refractivity contribution in [3.63, 3.8) is 0 Å². The third-order valence-corrected chi connectivity index (χ3v) is 6.71. The standard InChI is InChI=1S/C19H25N5O3S/c1-11(23-16(25)10-21-19(23)27)9-20-17(26)15-8-14-12(2)22-24(18(14)28-15)13-6-4-3-5-7-13/h8,11,13H,3-7,9-10H2,1-2H3,(H,20,26)(H,21,27)/t11-/m0/s1. The van der Waals surface area contributed by atoms with E-state index in [4.69, 9.17) is 5.10 Å². The Balaban J connectivity index is 1.47. The fourth-order valence-corrected chi connectivity index (χ4v) is 5.21. The molecule has 0 bridgehead atoms. The Morgan fingerprint density at radius 1 is 1.36 bits per heavy atom. The van der Waals surface area contributed by atoms with Crippen LogP contribution < -0.4 is 10.6 Å². The Morgan fingerprint density at radius 3 is 2.79 bits per heavy atom. The van der Waals surface area contributed by atoms with Gasteiger partial charge in [-0.25, -0.2) is 4.79 Å². The second-order valence-corrected chi connectivity index (χ2v) is 8.66. The molecule has 2 aromatic rings. The molecule has 2 fully saturated rings. The van der Waals surface area contributed by atoms with E-state index >= 15 is 0 Å². The highest BCUT2D eigenvalue weighted by Gasteiger charge is 2.32. The van der Waals surface area contributed by atoms with Crippen LogP contribution in [0, 0.1) is 6.92 Å². The molecule has 28 heavy (non-hydrogen) atoms. The number of aryl methyl sites for hydroxylation is 1. The quantitative estimate of drug-likeness (QED) is 0.750. The van der Waals surface area contributed by atoms with Crippen LogP contribution in [0.5, 0.6) is 0 Å². The lowest BCUT2D eigenvalue weighted by Gasteiger charge is -2.22. The molecule has 9 heteroatoms. The van der Waals surface area contributed by atoms with E-state index in [9.17, 15) is 14.4 Å². The van der Waals surface area contributed by atoms with Crippen LogP contribution in [0.1, 0.15) is 60.4 Å². The molecule has 8 nitrogen and oxygen atoms in total. The number of fused-ring (bicyclic) bond motifs is 1. The minimum Gasteiger partial charge on any atom is -0.349 e. The molecule has 1 aliphatic carbocycles. The van der Waals surface area contributed by atoms with Gasteiger partial charge in [0.2, 0.25) is 5.91 Å². The summed E-state index contributed by atoms with van der Waals surface area (Å²) in [5, 5.41) is 11.1. The number of carbonyl (C=O) groups excluding carboxylic acids is 3. The highest BCUT2D eigenvalue weighted by molar-refractivity contribution is 7.20. The van der Waals surface area contributed by atoms with Gasteiger partial charge >= 0.3 is 6.03 Å². The lowest BCUT2D eigenvalue weighted by atomic mass is 9.96. The van der Waals surface area contributed by atoms with Crippen LogP contribution in [0.3, 0.4) is 0 Å². The minimum absolute atomic E-state index is 0.0182. The molecule has 4 rings (SSSR count). The normalized spacial score (nSPS) is 19.3. The molecule has 1 aliphatic heterocycles. The van der Waals surface area contributed by atoms with E-state index in [1.54, 1.807) is 6.92 Å². The molecule has 0 aromatic carbocycles. The van der Waals surface area contributed by atoms with Crippen molar-refractivity contribution in [2.24, 2.45) is 0 Å². The van der Waals surface area contributed by atoms with Gasteiger partial charge in [-0.3, -0.25) is 19.2 Å². The Kier molecular flexibility index (Phi) is 5.09. The van der Waals surface area contributed by atoms with Gasteiger partial charge in [0.25, 0.3) is 5.91 Å². The molecule has 2 aromatic heterocycles. The van der Waals surface area contributed by atoms with Crippen molar-refractivity contribution in [2.45, 2.75) is 58.0 Å². The maximum atomic E-state index is 12.7. The summed E-state index contributed by atoms with van der Waals surface area (Å²) in [6.45, 7) is 3.97. The molecule has 0 radical (unpaired) electrons. The van der Waals surface area contributed by atoms with Crippen LogP contribution in [0.2, 0.25) is 0 Å². The van der Waals surface area contributed by atoms with Crippen molar-refractivity contribution < 1.29 is 14.4 Å². The summed E-state index contributed by atoms with van der Waals surface area (Å²) in [5.74, 6) is -0.452. The number of imide groups is 1. The van der Waals surface area contributed by atoms with Gasteiger partial charge in [-0.15, -0.1) is 11.3 Å². The molecular formula is C19H25N5O3S. The fraction of sp³-hybridized carbons (Fsp3) is 0.579. The van der Waals surface area contributed by atoms with Crippen LogP contribution in [-0.2, 0) is 4.79 Å². The number of nitrogens with zero attached hydrogens (tertiary/aromatic N) is 3. The number of carbonyl (C=O) groups is 3. The summed E-state index contributed by atoms with van der Waals surface area (Å²) in [5.41, 5.74) is 0.948. The predicted molar refractivity (Wildman–Crippen MR) is 107 cm³/mol. The van der Waals surface area contributed by atoms with Crippen LogP contribution in [-0.4, -0.2) is 51.7 Å². The van der Waals surface area contributed by atoms with Gasteiger partial charge < -0.3 is 10.6 Å². The van der Waals surface area contributed by atoms with Crippen molar-refractivity contribution >= 4 is 39.4 Å². The first-order valence-electron chi connectivity index (χ1n) is 9.82. The monoisotopic (exact) mass is 403 g/mol. The predicted octanol–water partition coefficient (Wildman–Crippen LogP) is 2.58. The van der Waals surface area contributed by atoms with Crippen molar-refractivity contribution in [2.75, 3.05) is 13.1 Å². The van der Waals surface area contributed by atoms with E-state index in [1.807, 2.05) is 13.0 Å². The molecule has 0 spiro atoms. The summed E-state index contributed by atoms with van der Waals surface area (Å²) in [6.07, 6.45) is 6.01. The first-order valence-corrected chi connectivity index (χ1v) is 10.6. The summed E-state index contributed by atoms with van der Waals surface area (Å²) in [4.78, 5) is 39.0. The van der Waals surface area contributed by atoms with Gasteiger partial charge in [-0.05, 0) is 32.8 Å². The molecule has 150 valence electrons. The fourth-order valence-electron chi connectivity index (χ4n) is 4.06. The summed E-state index contributed by atoms with van der Waals surface area (Å²) >= 11 is 1.46. The zero-order chi connectivity index (χ0) is 19.8. The molecule has 3 heterocycles. The van der Waals surface area contributed by atoms with Gasteiger partial charge in [0.05, 0.1) is 29.2 Å². The van der Waals surface area contributed by atoms with E-state index in [0.29, 0.717) is 10.9 Å². The molecule has 4 amide bonds. The summed E-state index contributed by atoms with van der Waals surface area (Å²) < 4.78 is 2.11. The van der Waals surface area contributed by atoms with Crippen molar-refractivity contribution in [1.82, 2.24) is 25.3 Å². The van der Waals surface area contributed by atoms with Gasteiger partial charge in [-0.1, -0.05) is 19.3 Å². The van der Waals surface area contributed by atoms with Crippen molar-refractivity contribution in [3.05, 3.63) is 16.6 Å². The molecule has 0 unspecified atom stereocenters. The largest absolute Gasteiger partial charge is 0.349 e. The van der Waals surface area contributed by atoms with Crippen LogP contribution in [0.25, 0.3) is 10.2 Å². The Hall–Kier alpha value is -2.42. The minimum atomic E-state index is -0.406. The van der Waals surface area contributed by atoms with Crippen LogP contribution in [0.4, 0.5) is 4.79 Å². The molecule has 1 saturated carbocycles. The van der Waals surface area contributed by atoms with E-state index in [2.05, 4.69) is 15.3 Å². The summed E-state index contributed by atoms with van der Waals surface area (Å²) in [6, 6.07) is 1.51. The molecule has 2 N–H and O–H groups in total. The first kappa shape index (κ1) is 18.9. The Labute approximate surface area is 167 Å². The van der Waals surface area contributed by atoms with Crippen molar-refractivity contribution in [3.8, 4) is 0 Å². The lowest BCUT2D eigenvalue weighted by molar-refractivity contribution is -0.126. The number of urea groups is 1. The molecular weight excluding hydrogens is 378 g/mol. The number of nitrogens with one attached hydrogen (secondary N) is 2. The van der Waals surface area contributed by atoms with Crippen molar-refractivity contribution in [1.29, 1.82) is 0 Å². The van der Waals surface area contributed by atoms with Crippen LogP contribution in [0.15, 0.2) is 6.07 Å². The van der Waals surface area contributed by atoms with E-state index in [1.165, 1.54) is 30.6 Å². The Bertz CT molecular complexity index is 912. The first-order chi connectivity index (χ1) is 13.5. The molecule has 1 saturated heterocycles. The number of hydrogen-bond donors (Lipinski definition) is 2. The second kappa shape index (κ2) is 7.54. The van der Waals surface area contributed by atoms with E-state index in [-0.39, 0.29) is 24.9 Å². The highest BCUT2D eigenvalue weighted by Crippen LogP contribution is 2.35. The smallest absolute Gasteiger partial charge is 0.324 e. The molecule has 1 atom stereocenters. The maximum absolute atomic E-state index is 12.7. The topological polar surface area (TPSA) is 96.3 Å². The Morgan fingerprint density at radius 2 is 2.11 bits per heavy atom. The average Bonchev–Trinajstić information content (AvgIpc) is 3.35. The van der Waals surface area contributed by atoms with Gasteiger partial charge in [0.1, 0.15) is 4.83 Å². The van der Waals surface area contributed by atoms with E-state index in [0.717, 1.165) is 33.7 Å². The summed E-state index contributed by atoms with van der Waals surface area (Å²) in [7, 11) is 0. The maximum Gasteiger partial charge on any atom is 0.324 e. The number of amides is 4. The zero-order valence-corrected chi connectivity index (χ0v) is 17.0. The van der Waals surface area contributed by atoms with Gasteiger partial charge in [0, 0.05) is 11.9 Å². The molecule has 2 aliphatic rings. The third kappa shape index (κ3) is 3.39. The van der Waals surface area contributed by atoms with E-state index < -0.39 is 12.1 Å². The van der Waals surface area contributed by atoms with Gasteiger partial charge in [0.15, 0.2) is 0 Å². The SMILES string of the molecule is Cc1nn(C2CCCCC2)c2sc(C(=O)NC[C@H](C)N3C(=O)CNC3=O)cc12. The second-order valence-electron chi connectivity index (χ2n) is 7.63. The average molecular weight is 404 g/mol. The number of thiophene rings is 1. The number of hydrogen-bond acceptors (Lipinski definition) is 5.